The molecule has 1 aliphatic rings. The van der Waals surface area contributed by atoms with Crippen LogP contribution in [0.3, 0.4) is 0 Å². The first-order valence-electron chi connectivity index (χ1n) is 6.96. The van der Waals surface area contributed by atoms with Gasteiger partial charge in [-0.15, -0.1) is 0 Å². The maximum Gasteiger partial charge on any atom is 0.433 e. The third kappa shape index (κ3) is 3.15. The van der Waals surface area contributed by atoms with Crippen molar-refractivity contribution in [1.82, 2.24) is 19.9 Å². The van der Waals surface area contributed by atoms with Gasteiger partial charge in [0.1, 0.15) is 11.5 Å². The second kappa shape index (κ2) is 5.86. The molecular formula is C14H14F3N5. The number of nitrogens with zero attached hydrogens (tertiary/aromatic N) is 5. The van der Waals surface area contributed by atoms with Crippen molar-refractivity contribution in [3.05, 3.63) is 42.2 Å². The zero-order valence-corrected chi connectivity index (χ0v) is 11.7. The summed E-state index contributed by atoms with van der Waals surface area (Å²) in [6.07, 6.45) is 1.63. The third-order valence-corrected chi connectivity index (χ3v) is 3.66. The standard InChI is InChI=1S/C14H14F3N5/c15-14(16,17)11-2-7-20-13(21-11)22-8-3-10(4-9-22)12-18-5-1-6-19-12/h1-2,5-7,10H,3-4,8-9H2. The number of aromatic nitrogens is 4. The van der Waals surface area contributed by atoms with Gasteiger partial charge in [-0.05, 0) is 25.0 Å². The van der Waals surface area contributed by atoms with E-state index < -0.39 is 11.9 Å². The van der Waals surface area contributed by atoms with Crippen LogP contribution in [0.4, 0.5) is 19.1 Å². The van der Waals surface area contributed by atoms with E-state index in [9.17, 15) is 13.2 Å². The molecule has 0 saturated carbocycles. The highest BCUT2D eigenvalue weighted by Gasteiger charge is 2.33. The molecule has 1 fully saturated rings. The molecule has 2 aromatic heterocycles. The topological polar surface area (TPSA) is 54.8 Å². The van der Waals surface area contributed by atoms with Crippen LogP contribution in [0.2, 0.25) is 0 Å². The van der Waals surface area contributed by atoms with Gasteiger partial charge < -0.3 is 4.90 Å². The van der Waals surface area contributed by atoms with Crippen molar-refractivity contribution in [2.24, 2.45) is 0 Å². The maximum absolute atomic E-state index is 12.7. The van der Waals surface area contributed by atoms with Crippen LogP contribution < -0.4 is 4.90 Å². The lowest BCUT2D eigenvalue weighted by molar-refractivity contribution is -0.141. The molecule has 0 spiro atoms. The van der Waals surface area contributed by atoms with E-state index in [-0.39, 0.29) is 11.9 Å². The second-order valence-electron chi connectivity index (χ2n) is 5.11. The number of anilines is 1. The first-order chi connectivity index (χ1) is 10.5. The molecule has 0 unspecified atom stereocenters. The van der Waals surface area contributed by atoms with Gasteiger partial charge in [0.15, 0.2) is 0 Å². The van der Waals surface area contributed by atoms with Crippen molar-refractivity contribution < 1.29 is 13.2 Å². The van der Waals surface area contributed by atoms with Gasteiger partial charge in [-0.2, -0.15) is 13.2 Å². The summed E-state index contributed by atoms with van der Waals surface area (Å²) >= 11 is 0. The Labute approximate surface area is 125 Å². The van der Waals surface area contributed by atoms with Crippen molar-refractivity contribution in [3.63, 3.8) is 0 Å². The Hall–Kier alpha value is -2.25. The molecular weight excluding hydrogens is 295 g/mol. The minimum Gasteiger partial charge on any atom is -0.341 e. The molecule has 0 atom stereocenters. The molecule has 8 heteroatoms. The van der Waals surface area contributed by atoms with E-state index in [4.69, 9.17) is 0 Å². The fraction of sp³-hybridized carbons (Fsp3) is 0.429. The number of hydrogen-bond acceptors (Lipinski definition) is 5. The van der Waals surface area contributed by atoms with Crippen LogP contribution in [0.15, 0.2) is 30.7 Å². The van der Waals surface area contributed by atoms with Crippen LogP contribution in [0.25, 0.3) is 0 Å². The Kier molecular flexibility index (Phi) is 3.91. The van der Waals surface area contributed by atoms with Gasteiger partial charge in [-0.25, -0.2) is 19.9 Å². The number of hydrogen-bond donors (Lipinski definition) is 0. The minimum atomic E-state index is -4.45. The Bertz CT molecular complexity index is 624. The molecule has 2 aromatic rings. The summed E-state index contributed by atoms with van der Waals surface area (Å²) in [6, 6.07) is 2.64. The van der Waals surface area contributed by atoms with Crippen LogP contribution in [-0.2, 0) is 6.18 Å². The second-order valence-corrected chi connectivity index (χ2v) is 5.11. The average molecular weight is 309 g/mol. The summed E-state index contributed by atoms with van der Waals surface area (Å²) in [5.41, 5.74) is -0.911. The SMILES string of the molecule is FC(F)(F)c1ccnc(N2CCC(c3ncccn3)CC2)n1. The summed E-state index contributed by atoms with van der Waals surface area (Å²) in [7, 11) is 0. The van der Waals surface area contributed by atoms with Crippen molar-refractivity contribution in [3.8, 4) is 0 Å². The van der Waals surface area contributed by atoms with Gasteiger partial charge in [0, 0.05) is 37.6 Å². The highest BCUT2D eigenvalue weighted by atomic mass is 19.4. The van der Waals surface area contributed by atoms with Crippen LogP contribution >= 0.6 is 0 Å². The van der Waals surface area contributed by atoms with Crippen molar-refractivity contribution in [1.29, 1.82) is 0 Å². The lowest BCUT2D eigenvalue weighted by atomic mass is 9.96. The van der Waals surface area contributed by atoms with Gasteiger partial charge in [0.2, 0.25) is 5.95 Å². The first-order valence-corrected chi connectivity index (χ1v) is 6.96. The van der Waals surface area contributed by atoms with E-state index in [1.165, 1.54) is 0 Å². The van der Waals surface area contributed by atoms with Crippen molar-refractivity contribution in [2.75, 3.05) is 18.0 Å². The van der Waals surface area contributed by atoms with Crippen LogP contribution in [0.1, 0.15) is 30.3 Å². The molecule has 0 aliphatic carbocycles. The molecule has 0 bridgehead atoms. The van der Waals surface area contributed by atoms with Crippen LogP contribution in [-0.4, -0.2) is 33.0 Å². The Morgan fingerprint density at radius 3 is 2.32 bits per heavy atom. The van der Waals surface area contributed by atoms with Crippen LogP contribution in [0.5, 0.6) is 0 Å². The van der Waals surface area contributed by atoms with Crippen LogP contribution in [0, 0.1) is 0 Å². The summed E-state index contributed by atoms with van der Waals surface area (Å²) in [5.74, 6) is 1.14. The van der Waals surface area contributed by atoms with Crippen molar-refractivity contribution in [2.45, 2.75) is 24.9 Å². The highest BCUT2D eigenvalue weighted by Crippen LogP contribution is 2.30. The van der Waals surface area contributed by atoms with E-state index in [2.05, 4.69) is 19.9 Å². The molecule has 1 saturated heterocycles. The average Bonchev–Trinajstić information content (AvgIpc) is 2.55. The highest BCUT2D eigenvalue weighted by molar-refractivity contribution is 5.32. The Morgan fingerprint density at radius 2 is 1.68 bits per heavy atom. The Balaban J connectivity index is 1.69. The summed E-state index contributed by atoms with van der Waals surface area (Å²) < 4.78 is 38.1. The zero-order chi connectivity index (χ0) is 15.6. The predicted octanol–water partition coefficient (Wildman–Crippen LogP) is 2.67. The zero-order valence-electron chi connectivity index (χ0n) is 11.7. The molecule has 0 radical (unpaired) electrons. The van der Waals surface area contributed by atoms with Gasteiger partial charge >= 0.3 is 6.18 Å². The fourth-order valence-electron chi connectivity index (χ4n) is 2.52. The summed E-state index contributed by atoms with van der Waals surface area (Å²) in [6.45, 7) is 1.18. The lowest BCUT2D eigenvalue weighted by Crippen LogP contribution is -2.35. The van der Waals surface area contributed by atoms with E-state index in [1.807, 2.05) is 0 Å². The lowest BCUT2D eigenvalue weighted by Gasteiger charge is -2.31. The number of alkyl halides is 3. The molecule has 0 amide bonds. The van der Waals surface area contributed by atoms with Crippen molar-refractivity contribution >= 4 is 5.95 Å². The monoisotopic (exact) mass is 309 g/mol. The molecule has 3 heterocycles. The first kappa shape index (κ1) is 14.7. The number of piperidine rings is 1. The molecule has 0 aromatic carbocycles. The molecule has 116 valence electrons. The van der Waals surface area contributed by atoms with E-state index in [0.717, 1.165) is 30.9 Å². The van der Waals surface area contributed by atoms with Gasteiger partial charge in [0.05, 0.1) is 0 Å². The summed E-state index contributed by atoms with van der Waals surface area (Å²) in [5, 5.41) is 0. The van der Waals surface area contributed by atoms with E-state index in [1.54, 1.807) is 23.4 Å². The number of halogens is 3. The smallest absolute Gasteiger partial charge is 0.341 e. The van der Waals surface area contributed by atoms with E-state index >= 15 is 0 Å². The Morgan fingerprint density at radius 1 is 1.00 bits per heavy atom. The molecule has 3 rings (SSSR count). The van der Waals surface area contributed by atoms with Gasteiger partial charge in [0.25, 0.3) is 0 Å². The van der Waals surface area contributed by atoms with Gasteiger partial charge in [-0.1, -0.05) is 0 Å². The normalized spacial score (nSPS) is 16.8. The number of rotatable bonds is 2. The predicted molar refractivity (Wildman–Crippen MR) is 73.3 cm³/mol. The fourth-order valence-corrected chi connectivity index (χ4v) is 2.52. The quantitative estimate of drug-likeness (QED) is 0.853. The molecule has 0 N–H and O–H groups in total. The maximum atomic E-state index is 12.7. The largest absolute Gasteiger partial charge is 0.433 e. The summed E-state index contributed by atoms with van der Waals surface area (Å²) in [4.78, 5) is 17.8. The molecule has 22 heavy (non-hydrogen) atoms. The minimum absolute atomic E-state index is 0.127. The molecule has 1 aliphatic heterocycles. The molecule has 5 nitrogen and oxygen atoms in total. The van der Waals surface area contributed by atoms with Gasteiger partial charge in [-0.3, -0.25) is 0 Å². The van der Waals surface area contributed by atoms with E-state index in [0.29, 0.717) is 13.1 Å². The third-order valence-electron chi connectivity index (χ3n) is 3.66.